The zero-order valence-corrected chi connectivity index (χ0v) is 16.0. The standard InChI is InChI=1S/C18H18N8O4/c1-29-12(27)4-7-30-11-3-2-10(8-22-11)9-26-17-13(23-18(26)28)14(19)24-16(25-17)15-20-5-6-21-15/h2-3,5-6,8H,4,7,9H2,1H3,(H,20,21)(H,23,28)(H2,19,24,25). The average molecular weight is 410 g/mol. The number of nitrogens with two attached hydrogens (primary N) is 1. The molecule has 0 radical (unpaired) electrons. The molecule has 0 aromatic carbocycles. The Morgan fingerprint density at radius 3 is 2.83 bits per heavy atom. The van der Waals surface area contributed by atoms with Crippen LogP contribution in [0.1, 0.15) is 12.0 Å². The first kappa shape index (κ1) is 19.1. The highest BCUT2D eigenvalue weighted by molar-refractivity contribution is 5.83. The van der Waals surface area contributed by atoms with Gasteiger partial charge in [-0.25, -0.2) is 24.7 Å². The quantitative estimate of drug-likeness (QED) is 0.367. The predicted molar refractivity (Wildman–Crippen MR) is 106 cm³/mol. The molecule has 4 N–H and O–H groups in total. The lowest BCUT2D eigenvalue weighted by Gasteiger charge is -2.07. The number of imidazole rings is 2. The van der Waals surface area contributed by atoms with Gasteiger partial charge >= 0.3 is 11.7 Å². The number of aromatic amines is 2. The molecule has 0 fully saturated rings. The van der Waals surface area contributed by atoms with Gasteiger partial charge in [0.1, 0.15) is 12.1 Å². The lowest BCUT2D eigenvalue weighted by Crippen LogP contribution is -2.18. The van der Waals surface area contributed by atoms with E-state index >= 15 is 0 Å². The molecule has 4 aromatic heterocycles. The number of methoxy groups -OCH3 is 1. The van der Waals surface area contributed by atoms with E-state index in [0.717, 1.165) is 5.56 Å². The van der Waals surface area contributed by atoms with Gasteiger partial charge < -0.3 is 25.2 Å². The number of ether oxygens (including phenoxy) is 2. The Kier molecular flexibility index (Phi) is 5.11. The summed E-state index contributed by atoms with van der Waals surface area (Å²) in [4.78, 5) is 46.1. The molecule has 0 spiro atoms. The molecule has 154 valence electrons. The van der Waals surface area contributed by atoms with Crippen molar-refractivity contribution in [2.75, 3.05) is 19.5 Å². The fourth-order valence-electron chi connectivity index (χ4n) is 2.81. The largest absolute Gasteiger partial charge is 0.477 e. The maximum atomic E-state index is 12.5. The third kappa shape index (κ3) is 3.83. The summed E-state index contributed by atoms with van der Waals surface area (Å²) in [5.41, 5.74) is 7.08. The number of anilines is 1. The molecule has 12 nitrogen and oxygen atoms in total. The summed E-state index contributed by atoms with van der Waals surface area (Å²) in [5.74, 6) is 0.875. The number of carbonyl (C=O) groups is 1. The number of hydrogen-bond acceptors (Lipinski definition) is 9. The first-order valence-corrected chi connectivity index (χ1v) is 8.95. The topological polar surface area (TPSA) is 167 Å². The molecule has 4 heterocycles. The summed E-state index contributed by atoms with van der Waals surface area (Å²) in [5, 5.41) is 0. The second kappa shape index (κ2) is 8.03. The van der Waals surface area contributed by atoms with Crippen LogP contribution >= 0.6 is 0 Å². The SMILES string of the molecule is COC(=O)CCOc1ccc(Cn2c(=O)[nH]c3c(N)nc(-c4ncc[nH]4)nc32)cn1. The first-order valence-electron chi connectivity index (χ1n) is 8.95. The van der Waals surface area contributed by atoms with E-state index in [-0.39, 0.29) is 42.9 Å². The summed E-state index contributed by atoms with van der Waals surface area (Å²) in [6, 6.07) is 3.42. The van der Waals surface area contributed by atoms with Crippen LogP contribution in [0.3, 0.4) is 0 Å². The maximum Gasteiger partial charge on any atom is 0.328 e. The molecule has 0 saturated carbocycles. The van der Waals surface area contributed by atoms with E-state index in [1.54, 1.807) is 30.7 Å². The molecule has 0 aliphatic heterocycles. The van der Waals surface area contributed by atoms with Crippen molar-refractivity contribution in [1.82, 2.24) is 34.5 Å². The fraction of sp³-hybridized carbons (Fsp3) is 0.222. The number of nitrogen functional groups attached to an aromatic ring is 1. The minimum atomic E-state index is -0.374. The Bertz CT molecular complexity index is 1230. The van der Waals surface area contributed by atoms with Crippen LogP contribution in [0.2, 0.25) is 0 Å². The van der Waals surface area contributed by atoms with E-state index in [1.807, 2.05) is 0 Å². The van der Waals surface area contributed by atoms with E-state index < -0.39 is 0 Å². The third-order valence-electron chi connectivity index (χ3n) is 4.28. The van der Waals surface area contributed by atoms with Gasteiger partial charge in [-0.05, 0) is 5.56 Å². The van der Waals surface area contributed by atoms with Crippen molar-refractivity contribution in [3.8, 4) is 17.5 Å². The summed E-state index contributed by atoms with van der Waals surface area (Å²) in [6.45, 7) is 0.370. The van der Waals surface area contributed by atoms with Crippen LogP contribution in [0.25, 0.3) is 22.8 Å². The number of hydrogen-bond donors (Lipinski definition) is 3. The number of fused-ring (bicyclic) bond motifs is 1. The van der Waals surface area contributed by atoms with Crippen molar-refractivity contribution in [3.05, 3.63) is 46.8 Å². The van der Waals surface area contributed by atoms with E-state index in [4.69, 9.17) is 10.5 Å². The Labute approximate surface area is 169 Å². The van der Waals surface area contributed by atoms with Crippen molar-refractivity contribution in [1.29, 1.82) is 0 Å². The summed E-state index contributed by atoms with van der Waals surface area (Å²) in [7, 11) is 1.32. The molecule has 4 aromatic rings. The van der Waals surface area contributed by atoms with Crippen LogP contribution in [0.4, 0.5) is 5.82 Å². The van der Waals surface area contributed by atoms with E-state index in [2.05, 4.69) is 34.6 Å². The van der Waals surface area contributed by atoms with Crippen molar-refractivity contribution < 1.29 is 14.3 Å². The zero-order chi connectivity index (χ0) is 21.1. The number of nitrogens with one attached hydrogen (secondary N) is 2. The number of carbonyl (C=O) groups excluding carboxylic acids is 1. The summed E-state index contributed by atoms with van der Waals surface area (Å²) >= 11 is 0. The van der Waals surface area contributed by atoms with Crippen molar-refractivity contribution in [2.24, 2.45) is 0 Å². The van der Waals surface area contributed by atoms with Crippen LogP contribution in [-0.2, 0) is 16.1 Å². The number of pyridine rings is 1. The van der Waals surface area contributed by atoms with Crippen molar-refractivity contribution in [2.45, 2.75) is 13.0 Å². The lowest BCUT2D eigenvalue weighted by atomic mass is 10.3. The normalized spacial score (nSPS) is 11.0. The second-order valence-corrected chi connectivity index (χ2v) is 6.26. The van der Waals surface area contributed by atoms with Gasteiger partial charge in [-0.15, -0.1) is 0 Å². The molecule has 0 aliphatic carbocycles. The van der Waals surface area contributed by atoms with Gasteiger partial charge in [0.15, 0.2) is 23.1 Å². The highest BCUT2D eigenvalue weighted by Gasteiger charge is 2.16. The van der Waals surface area contributed by atoms with Crippen LogP contribution in [0, 0.1) is 0 Å². The number of esters is 1. The second-order valence-electron chi connectivity index (χ2n) is 6.26. The van der Waals surface area contributed by atoms with E-state index in [9.17, 15) is 9.59 Å². The number of aromatic nitrogens is 7. The highest BCUT2D eigenvalue weighted by Crippen LogP contribution is 2.19. The average Bonchev–Trinajstić information content (AvgIpc) is 3.38. The monoisotopic (exact) mass is 410 g/mol. The van der Waals surface area contributed by atoms with Crippen LogP contribution in [0.5, 0.6) is 5.88 Å². The number of nitrogens with zero attached hydrogens (tertiary/aromatic N) is 5. The molecule has 0 atom stereocenters. The fourth-order valence-corrected chi connectivity index (χ4v) is 2.81. The Hall–Kier alpha value is -4.22. The Morgan fingerprint density at radius 1 is 1.27 bits per heavy atom. The van der Waals surface area contributed by atoms with E-state index in [0.29, 0.717) is 22.9 Å². The Balaban J connectivity index is 1.57. The van der Waals surface area contributed by atoms with Crippen LogP contribution in [-0.4, -0.2) is 54.2 Å². The Morgan fingerprint density at radius 2 is 2.13 bits per heavy atom. The smallest absolute Gasteiger partial charge is 0.328 e. The highest BCUT2D eigenvalue weighted by atomic mass is 16.5. The van der Waals surface area contributed by atoms with Crippen molar-refractivity contribution >= 4 is 23.0 Å². The molecule has 30 heavy (non-hydrogen) atoms. The summed E-state index contributed by atoms with van der Waals surface area (Å²) in [6.07, 6.45) is 4.92. The molecule has 0 bridgehead atoms. The van der Waals surface area contributed by atoms with Crippen LogP contribution < -0.4 is 16.2 Å². The minimum absolute atomic E-state index is 0.129. The van der Waals surface area contributed by atoms with Gasteiger partial charge in [-0.3, -0.25) is 9.36 Å². The zero-order valence-electron chi connectivity index (χ0n) is 16.0. The molecule has 0 aliphatic rings. The predicted octanol–water partition coefficient (Wildman–Crippen LogP) is 0.477. The van der Waals surface area contributed by atoms with Gasteiger partial charge in [0.2, 0.25) is 5.88 Å². The van der Waals surface area contributed by atoms with Gasteiger partial charge in [0, 0.05) is 24.7 Å². The van der Waals surface area contributed by atoms with Gasteiger partial charge in [0.25, 0.3) is 0 Å². The van der Waals surface area contributed by atoms with Gasteiger partial charge in [-0.1, -0.05) is 6.07 Å². The lowest BCUT2D eigenvalue weighted by molar-refractivity contribution is -0.141. The molecule has 4 rings (SSSR count). The van der Waals surface area contributed by atoms with Crippen LogP contribution in [0.15, 0.2) is 35.5 Å². The molecule has 0 unspecified atom stereocenters. The summed E-state index contributed by atoms with van der Waals surface area (Å²) < 4.78 is 11.4. The third-order valence-corrected chi connectivity index (χ3v) is 4.28. The van der Waals surface area contributed by atoms with Gasteiger partial charge in [0.05, 0.1) is 20.1 Å². The molecule has 0 saturated heterocycles. The van der Waals surface area contributed by atoms with Crippen molar-refractivity contribution in [3.63, 3.8) is 0 Å². The molecule has 12 heteroatoms. The molecular weight excluding hydrogens is 392 g/mol. The van der Waals surface area contributed by atoms with Gasteiger partial charge in [-0.2, -0.15) is 0 Å². The van der Waals surface area contributed by atoms with E-state index in [1.165, 1.54) is 11.7 Å². The maximum absolute atomic E-state index is 12.5. The molecular formula is C18H18N8O4. The molecule has 0 amide bonds. The number of H-pyrrole nitrogens is 2. The minimum Gasteiger partial charge on any atom is -0.477 e. The number of rotatable bonds is 7. The first-order chi connectivity index (χ1) is 14.5.